The van der Waals surface area contributed by atoms with E-state index in [1.807, 2.05) is 32.0 Å². The maximum Gasteiger partial charge on any atom is 0.317 e. The molecule has 0 aromatic heterocycles. The van der Waals surface area contributed by atoms with Crippen molar-refractivity contribution in [2.24, 2.45) is 5.73 Å². The first-order valence-corrected chi connectivity index (χ1v) is 9.09. The van der Waals surface area contributed by atoms with Gasteiger partial charge in [-0.15, -0.1) is 11.8 Å². The van der Waals surface area contributed by atoms with E-state index in [9.17, 15) is 9.59 Å². The van der Waals surface area contributed by atoms with Gasteiger partial charge in [-0.2, -0.15) is 0 Å². The van der Waals surface area contributed by atoms with Gasteiger partial charge in [0.1, 0.15) is 0 Å². The fraction of sp³-hybridized carbons (Fsp3) is 0.222. The van der Waals surface area contributed by atoms with Crippen molar-refractivity contribution in [3.05, 3.63) is 63.6 Å². The molecule has 0 heterocycles. The van der Waals surface area contributed by atoms with Gasteiger partial charge in [0.15, 0.2) is 0 Å². The minimum atomic E-state index is -1.06. The number of primary amides is 1. The van der Waals surface area contributed by atoms with Gasteiger partial charge < -0.3 is 10.5 Å². The Morgan fingerprint density at radius 2 is 1.83 bits per heavy atom. The van der Waals surface area contributed by atoms with E-state index in [1.165, 1.54) is 11.8 Å². The molecule has 0 aliphatic rings. The number of carbonyl (C=O) groups excluding carboxylic acids is 2. The van der Waals surface area contributed by atoms with Crippen LogP contribution in [0.2, 0.25) is 0 Å². The molecule has 2 aromatic rings. The molecule has 2 N–H and O–H groups in total. The number of nitrogens with two attached hydrogens (primary N) is 1. The maximum absolute atomic E-state index is 12.1. The average Bonchev–Trinajstić information content (AvgIpc) is 2.55. The Morgan fingerprint density at radius 1 is 1.17 bits per heavy atom. The van der Waals surface area contributed by atoms with Crippen LogP contribution in [0.5, 0.6) is 0 Å². The monoisotopic (exact) mass is 407 g/mol. The van der Waals surface area contributed by atoms with Crippen molar-refractivity contribution in [1.82, 2.24) is 0 Å². The Labute approximate surface area is 153 Å². The van der Waals surface area contributed by atoms with E-state index in [0.717, 1.165) is 20.5 Å². The second-order valence-corrected chi connectivity index (χ2v) is 7.21. The van der Waals surface area contributed by atoms with Crippen molar-refractivity contribution in [1.29, 1.82) is 0 Å². The molecule has 126 valence electrons. The molecule has 0 aliphatic heterocycles. The zero-order valence-corrected chi connectivity index (χ0v) is 15.8. The van der Waals surface area contributed by atoms with Gasteiger partial charge in [-0.3, -0.25) is 9.59 Å². The number of benzene rings is 2. The van der Waals surface area contributed by atoms with Gasteiger partial charge in [0.25, 0.3) is 5.91 Å². The highest BCUT2D eigenvalue weighted by atomic mass is 79.9. The van der Waals surface area contributed by atoms with Crippen molar-refractivity contribution >= 4 is 39.6 Å². The van der Waals surface area contributed by atoms with E-state index < -0.39 is 18.0 Å². The summed E-state index contributed by atoms with van der Waals surface area (Å²) >= 11 is 4.86. The van der Waals surface area contributed by atoms with Gasteiger partial charge in [-0.25, -0.2) is 0 Å². The van der Waals surface area contributed by atoms with E-state index in [4.69, 9.17) is 10.5 Å². The molecule has 0 aliphatic carbocycles. The predicted molar refractivity (Wildman–Crippen MR) is 98.8 cm³/mol. The SMILES string of the molecule is Cc1cc(SCC(=O)O[C@H](C(N)=O)c2ccccc2)c(C)cc1Br. The maximum atomic E-state index is 12.1. The molecule has 0 spiro atoms. The highest BCUT2D eigenvalue weighted by Crippen LogP contribution is 2.29. The summed E-state index contributed by atoms with van der Waals surface area (Å²) in [5, 5.41) is 0. The highest BCUT2D eigenvalue weighted by Gasteiger charge is 2.22. The van der Waals surface area contributed by atoms with Crippen LogP contribution in [0.3, 0.4) is 0 Å². The van der Waals surface area contributed by atoms with Crippen LogP contribution in [0.15, 0.2) is 51.8 Å². The lowest BCUT2D eigenvalue weighted by Gasteiger charge is -2.15. The second-order valence-electron chi connectivity index (χ2n) is 5.34. The lowest BCUT2D eigenvalue weighted by Crippen LogP contribution is -2.26. The lowest BCUT2D eigenvalue weighted by molar-refractivity contribution is -0.152. The Hall–Kier alpha value is -1.79. The van der Waals surface area contributed by atoms with Crippen molar-refractivity contribution in [2.45, 2.75) is 24.8 Å². The number of esters is 1. The van der Waals surface area contributed by atoms with Crippen molar-refractivity contribution in [3.8, 4) is 0 Å². The third-order valence-corrected chi connectivity index (χ3v) is 5.40. The minimum absolute atomic E-state index is 0.110. The number of thioether (sulfide) groups is 1. The van der Waals surface area contributed by atoms with Crippen molar-refractivity contribution in [3.63, 3.8) is 0 Å². The van der Waals surface area contributed by atoms with E-state index in [2.05, 4.69) is 15.9 Å². The molecule has 0 unspecified atom stereocenters. The average molecular weight is 408 g/mol. The Kier molecular flexibility index (Phi) is 6.45. The molecule has 2 aromatic carbocycles. The van der Waals surface area contributed by atoms with Crippen LogP contribution < -0.4 is 5.73 Å². The number of rotatable bonds is 6. The molecule has 0 bridgehead atoms. The molecule has 6 heteroatoms. The first kappa shape index (κ1) is 18.5. The number of amides is 1. The number of hydrogen-bond donors (Lipinski definition) is 1. The zero-order chi connectivity index (χ0) is 17.7. The summed E-state index contributed by atoms with van der Waals surface area (Å²) in [6.07, 6.45) is -1.06. The molecule has 4 nitrogen and oxygen atoms in total. The summed E-state index contributed by atoms with van der Waals surface area (Å²) in [6, 6.07) is 12.8. The Bertz CT molecular complexity index is 749. The van der Waals surface area contributed by atoms with Crippen LogP contribution >= 0.6 is 27.7 Å². The summed E-state index contributed by atoms with van der Waals surface area (Å²) in [4.78, 5) is 24.7. The normalized spacial score (nSPS) is 11.8. The summed E-state index contributed by atoms with van der Waals surface area (Å²) < 4.78 is 6.30. The molecule has 24 heavy (non-hydrogen) atoms. The van der Waals surface area contributed by atoms with Crippen LogP contribution in [-0.2, 0) is 14.3 Å². The van der Waals surface area contributed by atoms with Crippen LogP contribution in [-0.4, -0.2) is 17.6 Å². The van der Waals surface area contributed by atoms with Crippen molar-refractivity contribution in [2.75, 3.05) is 5.75 Å². The third-order valence-electron chi connectivity index (χ3n) is 3.41. The number of ether oxygens (including phenoxy) is 1. The molecule has 1 atom stereocenters. The summed E-state index contributed by atoms with van der Waals surface area (Å²) in [7, 11) is 0. The fourth-order valence-electron chi connectivity index (χ4n) is 2.13. The summed E-state index contributed by atoms with van der Waals surface area (Å²) in [5.41, 5.74) is 8.09. The molecule has 1 amide bonds. The van der Waals surface area contributed by atoms with Crippen LogP contribution in [0.4, 0.5) is 0 Å². The highest BCUT2D eigenvalue weighted by molar-refractivity contribution is 9.10. The Morgan fingerprint density at radius 3 is 2.46 bits per heavy atom. The molecular weight excluding hydrogens is 390 g/mol. The van der Waals surface area contributed by atoms with Gasteiger partial charge >= 0.3 is 5.97 Å². The minimum Gasteiger partial charge on any atom is -0.447 e. The summed E-state index contributed by atoms with van der Waals surface area (Å²) in [5.74, 6) is -1.05. The number of carbonyl (C=O) groups is 2. The summed E-state index contributed by atoms with van der Waals surface area (Å²) in [6.45, 7) is 3.97. The second kappa shape index (κ2) is 8.35. The van der Waals surface area contributed by atoms with Crippen LogP contribution in [0, 0.1) is 13.8 Å². The first-order valence-electron chi connectivity index (χ1n) is 7.31. The van der Waals surface area contributed by atoms with Gasteiger partial charge in [-0.05, 0) is 37.1 Å². The van der Waals surface area contributed by atoms with E-state index in [1.54, 1.807) is 24.3 Å². The quantitative estimate of drug-likeness (QED) is 0.581. The predicted octanol–water partition coefficient (Wildman–Crippen LogP) is 3.93. The molecule has 0 fully saturated rings. The largest absolute Gasteiger partial charge is 0.447 e. The smallest absolute Gasteiger partial charge is 0.317 e. The number of halogens is 1. The topological polar surface area (TPSA) is 69.4 Å². The van der Waals surface area contributed by atoms with E-state index in [-0.39, 0.29) is 5.75 Å². The van der Waals surface area contributed by atoms with Crippen molar-refractivity contribution < 1.29 is 14.3 Å². The molecule has 0 radical (unpaired) electrons. The molecular formula is C18H18BrNO3S. The fourth-order valence-corrected chi connectivity index (χ4v) is 3.48. The first-order chi connectivity index (χ1) is 11.4. The van der Waals surface area contributed by atoms with Gasteiger partial charge in [0.2, 0.25) is 6.10 Å². The number of hydrogen-bond acceptors (Lipinski definition) is 4. The number of aryl methyl sites for hydroxylation is 2. The van der Waals surface area contributed by atoms with Gasteiger partial charge in [0.05, 0.1) is 5.75 Å². The van der Waals surface area contributed by atoms with Crippen LogP contribution in [0.1, 0.15) is 22.8 Å². The Balaban J connectivity index is 2.02. The van der Waals surface area contributed by atoms with Gasteiger partial charge in [-0.1, -0.05) is 46.3 Å². The van der Waals surface area contributed by atoms with Gasteiger partial charge in [0, 0.05) is 14.9 Å². The zero-order valence-electron chi connectivity index (χ0n) is 13.4. The van der Waals surface area contributed by atoms with E-state index >= 15 is 0 Å². The standard InChI is InChI=1S/C18H18BrNO3S/c1-11-9-15(12(2)8-14(11)19)24-10-16(21)23-17(18(20)22)13-6-4-3-5-7-13/h3-9,17H,10H2,1-2H3,(H2,20,22)/t17-/m0/s1. The van der Waals surface area contributed by atoms with Crippen LogP contribution in [0.25, 0.3) is 0 Å². The third kappa shape index (κ3) is 4.85. The lowest BCUT2D eigenvalue weighted by atomic mass is 10.1. The molecule has 2 rings (SSSR count). The molecule has 0 saturated carbocycles. The van der Waals surface area contributed by atoms with E-state index in [0.29, 0.717) is 5.56 Å². The molecule has 0 saturated heterocycles.